The molecule has 5 nitrogen and oxygen atoms in total. The van der Waals surface area contributed by atoms with Gasteiger partial charge in [-0.2, -0.15) is 0 Å². The van der Waals surface area contributed by atoms with E-state index in [-0.39, 0.29) is 12.3 Å². The standard InChI is InChI=1S/C19H23NO4/c1-4-11(2)13-5-7-14(8-6-13)12(3)16-10-20-18(19(23)24)15(16)9-17(21)22/h5-8,15-16,18,20H,2-4,9-10H2,1H3,(H,21,22)(H,23,24)/t15-,16+,18-/m1/s1. The van der Waals surface area contributed by atoms with Gasteiger partial charge in [-0.1, -0.05) is 44.3 Å². The van der Waals surface area contributed by atoms with E-state index in [9.17, 15) is 14.7 Å². The molecule has 0 radical (unpaired) electrons. The third-order valence-corrected chi connectivity index (χ3v) is 4.72. The van der Waals surface area contributed by atoms with Crippen molar-refractivity contribution >= 4 is 23.1 Å². The fraction of sp³-hybridized carbons (Fsp3) is 0.368. The molecule has 24 heavy (non-hydrogen) atoms. The number of carbonyl (C=O) groups is 2. The fourth-order valence-electron chi connectivity index (χ4n) is 3.24. The Hall–Kier alpha value is -2.40. The van der Waals surface area contributed by atoms with Crippen LogP contribution < -0.4 is 5.32 Å². The highest BCUT2D eigenvalue weighted by atomic mass is 16.4. The Morgan fingerprint density at radius 3 is 2.25 bits per heavy atom. The lowest BCUT2D eigenvalue weighted by atomic mass is 9.80. The van der Waals surface area contributed by atoms with Gasteiger partial charge >= 0.3 is 11.9 Å². The van der Waals surface area contributed by atoms with Crippen LogP contribution in [0.3, 0.4) is 0 Å². The molecule has 1 aromatic carbocycles. The van der Waals surface area contributed by atoms with E-state index in [0.717, 1.165) is 28.7 Å². The molecule has 0 spiro atoms. The number of aliphatic carboxylic acids is 2. The average Bonchev–Trinajstić information content (AvgIpc) is 2.96. The van der Waals surface area contributed by atoms with Crippen molar-refractivity contribution in [2.24, 2.45) is 11.8 Å². The summed E-state index contributed by atoms with van der Waals surface area (Å²) >= 11 is 0. The molecule has 2 rings (SSSR count). The first-order valence-corrected chi connectivity index (χ1v) is 8.00. The van der Waals surface area contributed by atoms with E-state index in [4.69, 9.17) is 5.11 Å². The number of rotatable bonds is 7. The van der Waals surface area contributed by atoms with Crippen molar-refractivity contribution in [3.8, 4) is 0 Å². The van der Waals surface area contributed by atoms with Crippen LogP contribution in [0.2, 0.25) is 0 Å². The zero-order chi connectivity index (χ0) is 17.9. The van der Waals surface area contributed by atoms with Crippen LogP contribution in [0.1, 0.15) is 30.9 Å². The van der Waals surface area contributed by atoms with Crippen LogP contribution >= 0.6 is 0 Å². The molecular formula is C19H23NO4. The quantitative estimate of drug-likeness (QED) is 0.716. The van der Waals surface area contributed by atoms with Gasteiger partial charge in [0.1, 0.15) is 6.04 Å². The first-order chi connectivity index (χ1) is 11.3. The molecular weight excluding hydrogens is 306 g/mol. The van der Waals surface area contributed by atoms with E-state index >= 15 is 0 Å². The van der Waals surface area contributed by atoms with Gasteiger partial charge in [0.2, 0.25) is 0 Å². The van der Waals surface area contributed by atoms with E-state index in [1.165, 1.54) is 0 Å². The summed E-state index contributed by atoms with van der Waals surface area (Å²) in [5.41, 5.74) is 3.77. The number of carboxylic acid groups (broad SMARTS) is 2. The first-order valence-electron chi connectivity index (χ1n) is 8.00. The molecule has 5 heteroatoms. The molecule has 1 aliphatic heterocycles. The largest absolute Gasteiger partial charge is 0.481 e. The van der Waals surface area contributed by atoms with Gasteiger partial charge in [0.15, 0.2) is 0 Å². The Labute approximate surface area is 141 Å². The van der Waals surface area contributed by atoms with Crippen molar-refractivity contribution in [1.29, 1.82) is 0 Å². The van der Waals surface area contributed by atoms with Crippen LogP contribution in [0.15, 0.2) is 37.4 Å². The van der Waals surface area contributed by atoms with Crippen molar-refractivity contribution in [2.45, 2.75) is 25.8 Å². The second-order valence-electron chi connectivity index (χ2n) is 6.15. The zero-order valence-corrected chi connectivity index (χ0v) is 13.8. The molecule has 1 aromatic rings. The predicted molar refractivity (Wildman–Crippen MR) is 93.5 cm³/mol. The van der Waals surface area contributed by atoms with Crippen molar-refractivity contribution in [3.05, 3.63) is 48.6 Å². The first kappa shape index (κ1) is 17.9. The maximum atomic E-state index is 11.4. The molecule has 3 atom stereocenters. The lowest BCUT2D eigenvalue weighted by molar-refractivity contribution is -0.142. The number of carboxylic acids is 2. The SMILES string of the molecule is C=C(CC)c1ccc(C(=C)[C@@H]2CN[C@@H](C(=O)O)[C@@H]2CC(=O)O)cc1. The van der Waals surface area contributed by atoms with Crippen molar-refractivity contribution in [3.63, 3.8) is 0 Å². The molecule has 0 aliphatic carbocycles. The number of hydrogen-bond acceptors (Lipinski definition) is 3. The highest BCUT2D eigenvalue weighted by Gasteiger charge is 2.42. The summed E-state index contributed by atoms with van der Waals surface area (Å²) in [6.07, 6.45) is 0.673. The summed E-state index contributed by atoms with van der Waals surface area (Å²) in [5, 5.41) is 21.3. The van der Waals surface area contributed by atoms with Crippen molar-refractivity contribution in [1.82, 2.24) is 5.32 Å². The minimum absolute atomic E-state index is 0.196. The molecule has 0 amide bonds. The molecule has 1 heterocycles. The molecule has 3 N–H and O–H groups in total. The molecule has 0 bridgehead atoms. The van der Waals surface area contributed by atoms with Crippen LogP contribution in [0.5, 0.6) is 0 Å². The second kappa shape index (κ2) is 7.45. The summed E-state index contributed by atoms with van der Waals surface area (Å²) in [5.74, 6) is -2.76. The molecule has 0 saturated carbocycles. The lowest BCUT2D eigenvalue weighted by Crippen LogP contribution is -2.36. The van der Waals surface area contributed by atoms with Crippen molar-refractivity contribution < 1.29 is 19.8 Å². The van der Waals surface area contributed by atoms with Gasteiger partial charge in [-0.25, -0.2) is 0 Å². The van der Waals surface area contributed by atoms with Gasteiger partial charge in [0, 0.05) is 18.4 Å². The highest BCUT2D eigenvalue weighted by Crippen LogP contribution is 2.36. The Balaban J connectivity index is 2.22. The number of benzene rings is 1. The average molecular weight is 329 g/mol. The Kier molecular flexibility index (Phi) is 5.57. The van der Waals surface area contributed by atoms with E-state index in [1.807, 2.05) is 31.2 Å². The minimum Gasteiger partial charge on any atom is -0.481 e. The lowest BCUT2D eigenvalue weighted by Gasteiger charge is -2.22. The molecule has 1 fully saturated rings. The van der Waals surface area contributed by atoms with Crippen LogP contribution in [0.4, 0.5) is 0 Å². The molecule has 1 saturated heterocycles. The van der Waals surface area contributed by atoms with E-state index in [1.54, 1.807) is 0 Å². The van der Waals surface area contributed by atoms with Crippen LogP contribution in [-0.2, 0) is 9.59 Å². The Morgan fingerprint density at radius 1 is 1.17 bits per heavy atom. The second-order valence-corrected chi connectivity index (χ2v) is 6.15. The van der Waals surface area contributed by atoms with Gasteiger partial charge in [-0.05, 0) is 28.7 Å². The summed E-state index contributed by atoms with van der Waals surface area (Å²) < 4.78 is 0. The fourth-order valence-corrected chi connectivity index (χ4v) is 3.24. The summed E-state index contributed by atoms with van der Waals surface area (Å²) in [6, 6.07) is 6.95. The van der Waals surface area contributed by atoms with E-state index < -0.39 is 23.9 Å². The zero-order valence-electron chi connectivity index (χ0n) is 13.8. The molecule has 0 unspecified atom stereocenters. The van der Waals surface area contributed by atoms with Gasteiger partial charge < -0.3 is 15.5 Å². The normalized spacial score (nSPS) is 23.0. The topological polar surface area (TPSA) is 86.6 Å². The predicted octanol–water partition coefficient (Wildman–Crippen LogP) is 2.89. The van der Waals surface area contributed by atoms with E-state index in [0.29, 0.717) is 6.54 Å². The summed E-state index contributed by atoms with van der Waals surface area (Å²) in [6.45, 7) is 10.6. The third kappa shape index (κ3) is 3.74. The Bertz CT molecular complexity index is 662. The highest BCUT2D eigenvalue weighted by molar-refractivity contribution is 5.79. The smallest absolute Gasteiger partial charge is 0.321 e. The summed E-state index contributed by atoms with van der Waals surface area (Å²) in [7, 11) is 0. The van der Waals surface area contributed by atoms with Gasteiger partial charge in [-0.15, -0.1) is 0 Å². The number of allylic oxidation sites excluding steroid dienone is 1. The monoisotopic (exact) mass is 329 g/mol. The maximum Gasteiger partial charge on any atom is 0.321 e. The Morgan fingerprint density at radius 2 is 1.75 bits per heavy atom. The molecule has 128 valence electrons. The van der Waals surface area contributed by atoms with Gasteiger partial charge in [0.25, 0.3) is 0 Å². The number of nitrogens with one attached hydrogen (secondary N) is 1. The number of hydrogen-bond donors (Lipinski definition) is 3. The van der Waals surface area contributed by atoms with Gasteiger partial charge in [-0.3, -0.25) is 9.59 Å². The van der Waals surface area contributed by atoms with Crippen LogP contribution in [0, 0.1) is 11.8 Å². The van der Waals surface area contributed by atoms with Crippen LogP contribution in [-0.4, -0.2) is 34.7 Å². The van der Waals surface area contributed by atoms with Gasteiger partial charge in [0.05, 0.1) is 6.42 Å². The molecule has 1 aliphatic rings. The summed E-state index contributed by atoms with van der Waals surface area (Å²) in [4.78, 5) is 22.5. The minimum atomic E-state index is -1.02. The maximum absolute atomic E-state index is 11.4. The molecule has 0 aromatic heterocycles. The third-order valence-electron chi connectivity index (χ3n) is 4.72. The van der Waals surface area contributed by atoms with Crippen LogP contribution in [0.25, 0.3) is 11.1 Å². The van der Waals surface area contributed by atoms with E-state index in [2.05, 4.69) is 18.5 Å². The van der Waals surface area contributed by atoms with Crippen molar-refractivity contribution in [2.75, 3.05) is 6.54 Å².